The second kappa shape index (κ2) is 7.11. The standard InChI is InChI=1S/C15H24N4O3S/c1-2-13-10-16-15(17-11-13)22-14-6-5-9-19(12-14)23(20,21)18-7-3-4-8-18/h10-11,14H,2-9,12H2,1H3. The van der Waals surface area contributed by atoms with Crippen LogP contribution in [0.5, 0.6) is 6.01 Å². The second-order valence-corrected chi connectivity index (χ2v) is 8.01. The van der Waals surface area contributed by atoms with Gasteiger partial charge in [0.25, 0.3) is 10.2 Å². The summed E-state index contributed by atoms with van der Waals surface area (Å²) in [7, 11) is -3.35. The van der Waals surface area contributed by atoms with Crippen molar-refractivity contribution in [1.29, 1.82) is 0 Å². The Kier molecular flexibility index (Phi) is 5.13. The van der Waals surface area contributed by atoms with Crippen LogP contribution in [0, 0.1) is 0 Å². The third kappa shape index (κ3) is 3.81. The average Bonchev–Trinajstić information content (AvgIpc) is 3.11. The van der Waals surface area contributed by atoms with Crippen LogP contribution in [-0.2, 0) is 16.6 Å². The normalized spacial score (nSPS) is 24.0. The molecule has 2 saturated heterocycles. The molecule has 0 aromatic carbocycles. The molecule has 1 atom stereocenters. The Morgan fingerprint density at radius 3 is 2.43 bits per heavy atom. The minimum Gasteiger partial charge on any atom is -0.459 e. The zero-order valence-electron chi connectivity index (χ0n) is 13.5. The Labute approximate surface area is 137 Å². The van der Waals surface area contributed by atoms with Crippen molar-refractivity contribution in [3.63, 3.8) is 0 Å². The molecule has 2 fully saturated rings. The average molecular weight is 340 g/mol. The maximum absolute atomic E-state index is 12.6. The number of piperidine rings is 1. The maximum Gasteiger partial charge on any atom is 0.316 e. The first kappa shape index (κ1) is 16.6. The number of aryl methyl sites for hydroxylation is 1. The zero-order chi connectivity index (χ0) is 16.3. The van der Waals surface area contributed by atoms with Gasteiger partial charge in [0.05, 0.1) is 6.54 Å². The lowest BCUT2D eigenvalue weighted by atomic mass is 10.1. The van der Waals surface area contributed by atoms with E-state index in [4.69, 9.17) is 4.74 Å². The summed E-state index contributed by atoms with van der Waals surface area (Å²) in [5.41, 5.74) is 1.05. The van der Waals surface area contributed by atoms with E-state index in [1.165, 1.54) is 0 Å². The van der Waals surface area contributed by atoms with Crippen LogP contribution >= 0.6 is 0 Å². The fourth-order valence-corrected chi connectivity index (χ4v) is 4.79. The highest BCUT2D eigenvalue weighted by Crippen LogP contribution is 2.22. The molecule has 128 valence electrons. The lowest BCUT2D eigenvalue weighted by Crippen LogP contribution is -2.49. The van der Waals surface area contributed by atoms with Crippen molar-refractivity contribution < 1.29 is 13.2 Å². The zero-order valence-corrected chi connectivity index (χ0v) is 14.3. The van der Waals surface area contributed by atoms with Crippen molar-refractivity contribution in [1.82, 2.24) is 18.6 Å². The van der Waals surface area contributed by atoms with Crippen LogP contribution in [-0.4, -0.2) is 59.3 Å². The van der Waals surface area contributed by atoms with Gasteiger partial charge in [-0.05, 0) is 37.7 Å². The molecule has 1 aromatic heterocycles. The van der Waals surface area contributed by atoms with Gasteiger partial charge in [-0.1, -0.05) is 6.92 Å². The Balaban J connectivity index is 1.63. The first-order chi connectivity index (χ1) is 11.1. The molecule has 1 unspecified atom stereocenters. The third-order valence-corrected chi connectivity index (χ3v) is 6.42. The molecule has 0 N–H and O–H groups in total. The molecule has 0 saturated carbocycles. The van der Waals surface area contributed by atoms with Gasteiger partial charge in [0, 0.05) is 32.0 Å². The van der Waals surface area contributed by atoms with Crippen molar-refractivity contribution in [3.05, 3.63) is 18.0 Å². The molecule has 0 spiro atoms. The van der Waals surface area contributed by atoms with E-state index in [9.17, 15) is 8.42 Å². The largest absolute Gasteiger partial charge is 0.459 e. The highest BCUT2D eigenvalue weighted by Gasteiger charge is 2.35. The molecule has 0 aliphatic carbocycles. The molecule has 2 aliphatic rings. The molecule has 0 bridgehead atoms. The van der Waals surface area contributed by atoms with Gasteiger partial charge >= 0.3 is 6.01 Å². The lowest BCUT2D eigenvalue weighted by molar-refractivity contribution is 0.116. The number of rotatable bonds is 5. The predicted octanol–water partition coefficient (Wildman–Crippen LogP) is 1.22. The minimum atomic E-state index is -3.35. The Morgan fingerprint density at radius 1 is 1.13 bits per heavy atom. The van der Waals surface area contributed by atoms with E-state index in [1.54, 1.807) is 21.0 Å². The van der Waals surface area contributed by atoms with Crippen molar-refractivity contribution >= 4 is 10.2 Å². The van der Waals surface area contributed by atoms with Crippen LogP contribution in [0.1, 0.15) is 38.2 Å². The van der Waals surface area contributed by atoms with Crippen molar-refractivity contribution in [3.8, 4) is 6.01 Å². The highest BCUT2D eigenvalue weighted by molar-refractivity contribution is 7.86. The van der Waals surface area contributed by atoms with E-state index < -0.39 is 10.2 Å². The fourth-order valence-electron chi connectivity index (χ4n) is 3.03. The fraction of sp³-hybridized carbons (Fsp3) is 0.733. The van der Waals surface area contributed by atoms with Crippen molar-refractivity contribution in [2.24, 2.45) is 0 Å². The molecule has 0 radical (unpaired) electrons. The van der Waals surface area contributed by atoms with E-state index >= 15 is 0 Å². The lowest BCUT2D eigenvalue weighted by Gasteiger charge is -2.33. The van der Waals surface area contributed by atoms with E-state index in [2.05, 4.69) is 9.97 Å². The molecule has 3 heterocycles. The van der Waals surface area contributed by atoms with Crippen LogP contribution < -0.4 is 4.74 Å². The smallest absolute Gasteiger partial charge is 0.316 e. The van der Waals surface area contributed by atoms with E-state index in [1.807, 2.05) is 6.92 Å². The number of hydrogen-bond donors (Lipinski definition) is 0. The monoisotopic (exact) mass is 340 g/mol. The van der Waals surface area contributed by atoms with Crippen LogP contribution in [0.15, 0.2) is 12.4 Å². The number of nitrogens with zero attached hydrogens (tertiary/aromatic N) is 4. The van der Waals surface area contributed by atoms with Crippen LogP contribution in [0.2, 0.25) is 0 Å². The molecular formula is C15H24N4O3S. The van der Waals surface area contributed by atoms with Gasteiger partial charge < -0.3 is 4.74 Å². The van der Waals surface area contributed by atoms with E-state index in [0.717, 1.165) is 37.7 Å². The summed E-state index contributed by atoms with van der Waals surface area (Å²) >= 11 is 0. The third-order valence-electron chi connectivity index (χ3n) is 4.42. The van der Waals surface area contributed by atoms with Gasteiger partial charge in [-0.3, -0.25) is 0 Å². The summed E-state index contributed by atoms with van der Waals surface area (Å²) < 4.78 is 34.2. The van der Waals surface area contributed by atoms with Crippen molar-refractivity contribution in [2.75, 3.05) is 26.2 Å². The molecule has 1 aromatic rings. The minimum absolute atomic E-state index is 0.186. The highest BCUT2D eigenvalue weighted by atomic mass is 32.2. The Bertz CT molecular complexity index is 614. The predicted molar refractivity (Wildman–Crippen MR) is 86.4 cm³/mol. The van der Waals surface area contributed by atoms with Crippen molar-refractivity contribution in [2.45, 2.75) is 45.1 Å². The number of hydrogen-bond acceptors (Lipinski definition) is 5. The first-order valence-corrected chi connectivity index (χ1v) is 9.72. The summed E-state index contributed by atoms with van der Waals surface area (Å²) in [5.74, 6) is 0. The molecular weight excluding hydrogens is 316 g/mol. The van der Waals surface area contributed by atoms with Crippen LogP contribution in [0.25, 0.3) is 0 Å². The molecule has 3 rings (SSSR count). The van der Waals surface area contributed by atoms with E-state index in [-0.39, 0.29) is 6.10 Å². The SMILES string of the molecule is CCc1cnc(OC2CCCN(S(=O)(=O)N3CCCC3)C2)nc1. The topological polar surface area (TPSA) is 75.6 Å². The van der Waals surface area contributed by atoms with Gasteiger partial charge in [0.15, 0.2) is 0 Å². The summed E-state index contributed by atoms with van der Waals surface area (Å²) in [6.07, 6.45) is 7.72. The number of aromatic nitrogens is 2. The quantitative estimate of drug-likeness (QED) is 0.806. The van der Waals surface area contributed by atoms with Gasteiger partial charge in [-0.2, -0.15) is 17.0 Å². The molecule has 0 amide bonds. The molecule has 7 nitrogen and oxygen atoms in total. The number of ether oxygens (including phenoxy) is 1. The summed E-state index contributed by atoms with van der Waals surface area (Å²) in [6.45, 7) is 4.24. The molecule has 8 heteroatoms. The molecule has 23 heavy (non-hydrogen) atoms. The van der Waals surface area contributed by atoms with Gasteiger partial charge in [-0.15, -0.1) is 0 Å². The van der Waals surface area contributed by atoms with Gasteiger partial charge in [-0.25, -0.2) is 9.97 Å². The molecule has 2 aliphatic heterocycles. The van der Waals surface area contributed by atoms with Gasteiger partial charge in [0.2, 0.25) is 0 Å². The second-order valence-electron chi connectivity index (χ2n) is 6.08. The van der Waals surface area contributed by atoms with Crippen LogP contribution in [0.3, 0.4) is 0 Å². The summed E-state index contributed by atoms with van der Waals surface area (Å²) in [4.78, 5) is 8.39. The Hall–Kier alpha value is -1.25. The summed E-state index contributed by atoms with van der Waals surface area (Å²) in [6, 6.07) is 0.327. The Morgan fingerprint density at radius 2 is 1.78 bits per heavy atom. The van der Waals surface area contributed by atoms with E-state index in [0.29, 0.717) is 32.2 Å². The van der Waals surface area contributed by atoms with Gasteiger partial charge in [0.1, 0.15) is 6.10 Å². The first-order valence-electron chi connectivity index (χ1n) is 8.32. The van der Waals surface area contributed by atoms with Crippen LogP contribution in [0.4, 0.5) is 0 Å². The maximum atomic E-state index is 12.6. The summed E-state index contributed by atoms with van der Waals surface area (Å²) in [5, 5.41) is 0.